The lowest BCUT2D eigenvalue weighted by molar-refractivity contribution is -0.149. The molecule has 0 aromatic carbocycles. The molecule has 0 aromatic heterocycles. The molecule has 1 saturated heterocycles. The number of carbonyl (C=O) groups is 2. The number of rotatable bonds is 4. The number of thioether (sulfide) groups is 1. The van der Waals surface area contributed by atoms with Crippen molar-refractivity contribution in [1.29, 1.82) is 0 Å². The SMILES string of the molecule is CC1CC=CCC1COC(=O)CN1CSCC1=O. The topological polar surface area (TPSA) is 46.6 Å². The largest absolute Gasteiger partial charge is 0.464 e. The van der Waals surface area contributed by atoms with Gasteiger partial charge in [-0.15, -0.1) is 11.8 Å². The van der Waals surface area contributed by atoms with Crippen LogP contribution in [0.3, 0.4) is 0 Å². The van der Waals surface area contributed by atoms with Crippen molar-refractivity contribution in [2.75, 3.05) is 24.8 Å². The van der Waals surface area contributed by atoms with Crippen LogP contribution >= 0.6 is 11.8 Å². The van der Waals surface area contributed by atoms with Crippen molar-refractivity contribution in [1.82, 2.24) is 4.90 Å². The van der Waals surface area contributed by atoms with E-state index in [1.807, 2.05) is 0 Å². The average molecular weight is 269 g/mol. The summed E-state index contributed by atoms with van der Waals surface area (Å²) in [5.41, 5.74) is 0. The van der Waals surface area contributed by atoms with Gasteiger partial charge in [-0.1, -0.05) is 19.1 Å². The fourth-order valence-electron chi connectivity index (χ4n) is 2.18. The van der Waals surface area contributed by atoms with Gasteiger partial charge in [0.1, 0.15) is 6.54 Å². The van der Waals surface area contributed by atoms with E-state index in [4.69, 9.17) is 4.74 Å². The van der Waals surface area contributed by atoms with Gasteiger partial charge in [-0.05, 0) is 24.7 Å². The molecule has 1 fully saturated rings. The quantitative estimate of drug-likeness (QED) is 0.575. The van der Waals surface area contributed by atoms with Crippen LogP contribution in [0.2, 0.25) is 0 Å². The number of hydrogen-bond acceptors (Lipinski definition) is 4. The minimum Gasteiger partial charge on any atom is -0.464 e. The lowest BCUT2D eigenvalue weighted by Gasteiger charge is -2.25. The first-order chi connectivity index (χ1) is 8.66. The highest BCUT2D eigenvalue weighted by molar-refractivity contribution is 8.00. The van der Waals surface area contributed by atoms with Crippen LogP contribution < -0.4 is 0 Å². The Hall–Kier alpha value is -0.970. The molecule has 2 atom stereocenters. The molecule has 1 aliphatic heterocycles. The van der Waals surface area contributed by atoms with Crippen LogP contribution in [0, 0.1) is 11.8 Å². The van der Waals surface area contributed by atoms with Gasteiger partial charge in [0, 0.05) is 0 Å². The Balaban J connectivity index is 1.71. The highest BCUT2D eigenvalue weighted by Gasteiger charge is 2.25. The Morgan fingerprint density at radius 3 is 2.94 bits per heavy atom. The lowest BCUT2D eigenvalue weighted by atomic mass is 9.85. The van der Waals surface area contributed by atoms with Gasteiger partial charge in [0.05, 0.1) is 18.2 Å². The van der Waals surface area contributed by atoms with E-state index in [1.54, 1.807) is 4.90 Å². The summed E-state index contributed by atoms with van der Waals surface area (Å²) < 4.78 is 5.29. The van der Waals surface area contributed by atoms with Gasteiger partial charge >= 0.3 is 5.97 Å². The summed E-state index contributed by atoms with van der Waals surface area (Å²) in [7, 11) is 0. The Kier molecular flexibility index (Phi) is 4.69. The van der Waals surface area contributed by atoms with Crippen LogP contribution in [0.15, 0.2) is 12.2 Å². The molecule has 0 spiro atoms. The number of amides is 1. The van der Waals surface area contributed by atoms with E-state index < -0.39 is 0 Å². The van der Waals surface area contributed by atoms with E-state index in [2.05, 4.69) is 19.1 Å². The molecule has 0 aromatic rings. The number of ether oxygens (including phenoxy) is 1. The lowest BCUT2D eigenvalue weighted by Crippen LogP contribution is -2.33. The van der Waals surface area contributed by atoms with Crippen molar-refractivity contribution in [3.8, 4) is 0 Å². The van der Waals surface area contributed by atoms with Gasteiger partial charge in [0.25, 0.3) is 0 Å². The molecule has 0 N–H and O–H groups in total. The van der Waals surface area contributed by atoms with Crippen LogP contribution in [-0.4, -0.2) is 41.6 Å². The van der Waals surface area contributed by atoms with E-state index >= 15 is 0 Å². The molecule has 1 amide bonds. The Morgan fingerprint density at radius 1 is 1.50 bits per heavy atom. The number of nitrogens with zero attached hydrogens (tertiary/aromatic N) is 1. The third-order valence-electron chi connectivity index (χ3n) is 3.52. The van der Waals surface area contributed by atoms with E-state index in [0.717, 1.165) is 12.8 Å². The molecule has 0 radical (unpaired) electrons. The van der Waals surface area contributed by atoms with Gasteiger partial charge in [-0.3, -0.25) is 9.59 Å². The molecule has 5 heteroatoms. The number of hydrogen-bond donors (Lipinski definition) is 0. The smallest absolute Gasteiger partial charge is 0.325 e. The second kappa shape index (κ2) is 6.27. The van der Waals surface area contributed by atoms with Crippen LogP contribution in [0.5, 0.6) is 0 Å². The zero-order valence-corrected chi connectivity index (χ0v) is 11.4. The molecule has 2 rings (SSSR count). The Bertz CT molecular complexity index is 356. The van der Waals surface area contributed by atoms with Gasteiger partial charge < -0.3 is 9.64 Å². The van der Waals surface area contributed by atoms with E-state index in [1.165, 1.54) is 11.8 Å². The summed E-state index contributed by atoms with van der Waals surface area (Å²) >= 11 is 1.54. The van der Waals surface area contributed by atoms with E-state index in [9.17, 15) is 9.59 Å². The maximum Gasteiger partial charge on any atom is 0.325 e. The number of esters is 1. The zero-order valence-electron chi connectivity index (χ0n) is 10.6. The van der Waals surface area contributed by atoms with Crippen LogP contribution in [0.1, 0.15) is 19.8 Å². The first-order valence-electron chi connectivity index (χ1n) is 6.33. The summed E-state index contributed by atoms with van der Waals surface area (Å²) in [6.45, 7) is 2.75. The van der Waals surface area contributed by atoms with E-state index in [0.29, 0.717) is 30.1 Å². The third kappa shape index (κ3) is 3.51. The summed E-state index contributed by atoms with van der Waals surface area (Å²) in [6.07, 6.45) is 6.37. The molecule has 2 unspecified atom stereocenters. The Labute approximate surface area is 112 Å². The average Bonchev–Trinajstić information content (AvgIpc) is 2.74. The summed E-state index contributed by atoms with van der Waals surface area (Å²) in [6, 6.07) is 0. The molecular formula is C13H19NO3S. The van der Waals surface area contributed by atoms with Crippen LogP contribution in [0.4, 0.5) is 0 Å². The first-order valence-corrected chi connectivity index (χ1v) is 7.48. The predicted molar refractivity (Wildman–Crippen MR) is 71.0 cm³/mol. The van der Waals surface area contributed by atoms with Crippen molar-refractivity contribution >= 4 is 23.6 Å². The van der Waals surface area contributed by atoms with Crippen LogP contribution in [0.25, 0.3) is 0 Å². The van der Waals surface area contributed by atoms with Crippen molar-refractivity contribution in [2.24, 2.45) is 11.8 Å². The molecular weight excluding hydrogens is 250 g/mol. The maximum absolute atomic E-state index is 11.7. The van der Waals surface area contributed by atoms with Crippen molar-refractivity contribution < 1.29 is 14.3 Å². The second-order valence-electron chi connectivity index (χ2n) is 4.93. The van der Waals surface area contributed by atoms with Crippen molar-refractivity contribution in [2.45, 2.75) is 19.8 Å². The molecule has 2 aliphatic rings. The third-order valence-corrected chi connectivity index (χ3v) is 4.47. The minimum atomic E-state index is -0.285. The molecule has 1 aliphatic carbocycles. The van der Waals surface area contributed by atoms with Gasteiger partial charge in [-0.2, -0.15) is 0 Å². The highest BCUT2D eigenvalue weighted by Crippen LogP contribution is 2.25. The van der Waals surface area contributed by atoms with Gasteiger partial charge in [0.2, 0.25) is 5.91 Å². The van der Waals surface area contributed by atoms with Crippen molar-refractivity contribution in [3.63, 3.8) is 0 Å². The fourth-order valence-corrected chi connectivity index (χ4v) is 3.08. The molecule has 0 bridgehead atoms. The number of carbonyl (C=O) groups excluding carboxylic acids is 2. The maximum atomic E-state index is 11.7. The summed E-state index contributed by atoms with van der Waals surface area (Å²) in [5, 5.41) is 0. The summed E-state index contributed by atoms with van der Waals surface area (Å²) in [5.74, 6) is 1.82. The number of allylic oxidation sites excluding steroid dienone is 2. The fraction of sp³-hybridized carbons (Fsp3) is 0.692. The van der Waals surface area contributed by atoms with E-state index in [-0.39, 0.29) is 18.4 Å². The van der Waals surface area contributed by atoms with Gasteiger partial charge in [-0.25, -0.2) is 0 Å². The predicted octanol–water partition coefficient (Wildman–Crippen LogP) is 1.66. The monoisotopic (exact) mass is 269 g/mol. The molecule has 1 heterocycles. The minimum absolute atomic E-state index is 0.0333. The highest BCUT2D eigenvalue weighted by atomic mass is 32.2. The summed E-state index contributed by atoms with van der Waals surface area (Å²) in [4.78, 5) is 24.6. The van der Waals surface area contributed by atoms with Gasteiger partial charge in [0.15, 0.2) is 0 Å². The molecule has 4 nitrogen and oxygen atoms in total. The normalized spacial score (nSPS) is 27.6. The van der Waals surface area contributed by atoms with Crippen LogP contribution in [-0.2, 0) is 14.3 Å². The molecule has 100 valence electrons. The molecule has 0 saturated carbocycles. The zero-order chi connectivity index (χ0) is 13.0. The first kappa shape index (κ1) is 13.5. The Morgan fingerprint density at radius 2 is 2.28 bits per heavy atom. The second-order valence-corrected chi connectivity index (χ2v) is 5.89. The molecule has 18 heavy (non-hydrogen) atoms. The van der Waals surface area contributed by atoms with Crippen molar-refractivity contribution in [3.05, 3.63) is 12.2 Å². The standard InChI is InChI=1S/C13H19NO3S/c1-10-4-2-3-5-11(10)7-17-13(16)6-14-9-18-8-12(14)15/h2-3,10-11H,4-9H2,1H3.